The van der Waals surface area contributed by atoms with Crippen molar-refractivity contribution < 1.29 is 9.90 Å². The Balaban J connectivity index is 0.000000236. The minimum absolute atomic E-state index is 0.250. The van der Waals surface area contributed by atoms with Gasteiger partial charge < -0.3 is 5.11 Å². The monoisotopic (exact) mass is 142 g/mol. The molecule has 0 saturated carbocycles. The lowest BCUT2D eigenvalue weighted by Crippen LogP contribution is -1.92. The highest BCUT2D eigenvalue weighted by molar-refractivity contribution is 5.32. The highest BCUT2D eigenvalue weighted by Crippen LogP contribution is 2.14. The largest absolute Gasteiger partial charge is 0.483 e. The molecule has 1 atom stereocenters. The van der Waals surface area contributed by atoms with Crippen LogP contribution in [0.5, 0.6) is 0 Å². The second-order valence-electron chi connectivity index (χ2n) is 2.44. The highest BCUT2D eigenvalue weighted by Gasteiger charge is 1.98. The Kier molecular flexibility index (Phi) is 5.83. The lowest BCUT2D eigenvalue weighted by Gasteiger charge is -2.08. The van der Waals surface area contributed by atoms with E-state index in [0.29, 0.717) is 0 Å². The van der Waals surface area contributed by atoms with Crippen molar-refractivity contribution in [2.75, 3.05) is 0 Å². The SMILES string of the molecule is CC1C=CCCC1.O=CO. The van der Waals surface area contributed by atoms with Crippen molar-refractivity contribution in [1.29, 1.82) is 0 Å². The standard InChI is InChI=1S/C7H12.CH2O2/c1-7-5-3-2-4-6-7;2-1-3/h3,5,7H,2,4,6H2,1H3;1H,(H,2,3). The third kappa shape index (κ3) is 5.35. The molecule has 1 aliphatic carbocycles. The van der Waals surface area contributed by atoms with Gasteiger partial charge in [-0.3, -0.25) is 4.79 Å². The minimum atomic E-state index is -0.250. The van der Waals surface area contributed by atoms with Crippen LogP contribution in [0.3, 0.4) is 0 Å². The van der Waals surface area contributed by atoms with Gasteiger partial charge in [-0.05, 0) is 25.2 Å². The van der Waals surface area contributed by atoms with E-state index in [9.17, 15) is 0 Å². The molecule has 0 spiro atoms. The van der Waals surface area contributed by atoms with Gasteiger partial charge in [0.2, 0.25) is 0 Å². The van der Waals surface area contributed by atoms with Gasteiger partial charge in [0.25, 0.3) is 6.47 Å². The van der Waals surface area contributed by atoms with E-state index in [4.69, 9.17) is 9.90 Å². The Morgan fingerprint density at radius 1 is 1.70 bits per heavy atom. The normalized spacial score (nSPS) is 22.7. The van der Waals surface area contributed by atoms with Crippen LogP contribution in [0.1, 0.15) is 26.2 Å². The summed E-state index contributed by atoms with van der Waals surface area (Å²) < 4.78 is 0. The quantitative estimate of drug-likeness (QED) is 0.415. The predicted octanol–water partition coefficient (Wildman–Crippen LogP) is 2.06. The van der Waals surface area contributed by atoms with E-state index in [1.165, 1.54) is 19.3 Å². The fourth-order valence-electron chi connectivity index (χ4n) is 0.982. The van der Waals surface area contributed by atoms with Crippen LogP contribution in [0.25, 0.3) is 0 Å². The molecule has 10 heavy (non-hydrogen) atoms. The van der Waals surface area contributed by atoms with E-state index < -0.39 is 0 Å². The lowest BCUT2D eigenvalue weighted by atomic mass is 9.98. The Morgan fingerprint density at radius 3 is 2.50 bits per heavy atom. The van der Waals surface area contributed by atoms with Gasteiger partial charge in [0.1, 0.15) is 0 Å². The van der Waals surface area contributed by atoms with Crippen molar-refractivity contribution in [3.63, 3.8) is 0 Å². The molecule has 0 bridgehead atoms. The summed E-state index contributed by atoms with van der Waals surface area (Å²) in [5, 5.41) is 6.89. The minimum Gasteiger partial charge on any atom is -0.483 e. The molecule has 0 radical (unpaired) electrons. The van der Waals surface area contributed by atoms with Gasteiger partial charge >= 0.3 is 0 Å². The summed E-state index contributed by atoms with van der Waals surface area (Å²) in [6, 6.07) is 0. The number of hydrogen-bond donors (Lipinski definition) is 1. The molecule has 0 amide bonds. The van der Waals surface area contributed by atoms with Crippen LogP contribution in [-0.2, 0) is 4.79 Å². The molecule has 2 heteroatoms. The summed E-state index contributed by atoms with van der Waals surface area (Å²) in [7, 11) is 0. The zero-order valence-corrected chi connectivity index (χ0v) is 6.29. The fraction of sp³-hybridized carbons (Fsp3) is 0.625. The summed E-state index contributed by atoms with van der Waals surface area (Å²) in [5.74, 6) is 0.855. The molecule has 0 saturated heterocycles. The molecule has 1 aliphatic rings. The van der Waals surface area contributed by atoms with Gasteiger partial charge in [0.15, 0.2) is 0 Å². The first-order valence-corrected chi connectivity index (χ1v) is 3.55. The second kappa shape index (κ2) is 6.33. The molecule has 0 aromatic rings. The summed E-state index contributed by atoms with van der Waals surface area (Å²) in [5.41, 5.74) is 0. The Hall–Kier alpha value is -0.790. The Labute approximate surface area is 61.6 Å². The van der Waals surface area contributed by atoms with Crippen LogP contribution in [0.4, 0.5) is 0 Å². The number of allylic oxidation sites excluding steroid dienone is 2. The van der Waals surface area contributed by atoms with Crippen LogP contribution in [0.2, 0.25) is 0 Å². The Morgan fingerprint density at radius 2 is 2.30 bits per heavy atom. The number of carbonyl (C=O) groups is 1. The molecule has 2 nitrogen and oxygen atoms in total. The molecule has 0 aliphatic heterocycles. The molecule has 0 heterocycles. The first kappa shape index (κ1) is 9.21. The fourth-order valence-corrected chi connectivity index (χ4v) is 0.982. The summed E-state index contributed by atoms with van der Waals surface area (Å²) >= 11 is 0. The third-order valence-electron chi connectivity index (χ3n) is 1.49. The van der Waals surface area contributed by atoms with Gasteiger partial charge in [0, 0.05) is 0 Å². The van der Waals surface area contributed by atoms with Crippen molar-refractivity contribution in [2.45, 2.75) is 26.2 Å². The van der Waals surface area contributed by atoms with Crippen molar-refractivity contribution >= 4 is 6.47 Å². The van der Waals surface area contributed by atoms with E-state index in [0.717, 1.165) is 5.92 Å². The molecule has 1 rings (SSSR count). The molecule has 0 aromatic heterocycles. The maximum atomic E-state index is 8.36. The van der Waals surface area contributed by atoms with Crippen molar-refractivity contribution in [3.8, 4) is 0 Å². The van der Waals surface area contributed by atoms with Crippen LogP contribution < -0.4 is 0 Å². The first-order valence-electron chi connectivity index (χ1n) is 3.55. The molecular weight excluding hydrogens is 128 g/mol. The molecule has 58 valence electrons. The van der Waals surface area contributed by atoms with E-state index in [-0.39, 0.29) is 6.47 Å². The van der Waals surface area contributed by atoms with Gasteiger partial charge in [-0.15, -0.1) is 0 Å². The lowest BCUT2D eigenvalue weighted by molar-refractivity contribution is -0.122. The summed E-state index contributed by atoms with van der Waals surface area (Å²) in [4.78, 5) is 8.36. The highest BCUT2D eigenvalue weighted by atomic mass is 16.3. The summed E-state index contributed by atoms with van der Waals surface area (Å²) in [6.07, 6.45) is 8.70. The number of rotatable bonds is 0. The number of carboxylic acid groups (broad SMARTS) is 1. The van der Waals surface area contributed by atoms with Crippen LogP contribution in [-0.4, -0.2) is 11.6 Å². The summed E-state index contributed by atoms with van der Waals surface area (Å²) in [6.45, 7) is 2.02. The molecule has 1 N–H and O–H groups in total. The predicted molar refractivity (Wildman–Crippen MR) is 40.8 cm³/mol. The van der Waals surface area contributed by atoms with Crippen LogP contribution >= 0.6 is 0 Å². The van der Waals surface area contributed by atoms with Gasteiger partial charge in [-0.1, -0.05) is 19.1 Å². The zero-order chi connectivity index (χ0) is 7.82. The third-order valence-corrected chi connectivity index (χ3v) is 1.49. The molecular formula is C8H14O2. The van der Waals surface area contributed by atoms with Crippen LogP contribution in [0.15, 0.2) is 12.2 Å². The second-order valence-corrected chi connectivity index (χ2v) is 2.44. The molecule has 0 aromatic carbocycles. The van der Waals surface area contributed by atoms with Gasteiger partial charge in [-0.2, -0.15) is 0 Å². The van der Waals surface area contributed by atoms with Gasteiger partial charge in [-0.25, -0.2) is 0 Å². The molecule has 1 unspecified atom stereocenters. The van der Waals surface area contributed by atoms with E-state index in [2.05, 4.69) is 19.1 Å². The average molecular weight is 142 g/mol. The van der Waals surface area contributed by atoms with Crippen molar-refractivity contribution in [2.24, 2.45) is 5.92 Å². The van der Waals surface area contributed by atoms with Crippen molar-refractivity contribution in [1.82, 2.24) is 0 Å². The topological polar surface area (TPSA) is 37.3 Å². The first-order chi connectivity index (χ1) is 4.81. The van der Waals surface area contributed by atoms with E-state index >= 15 is 0 Å². The van der Waals surface area contributed by atoms with Gasteiger partial charge in [0.05, 0.1) is 0 Å². The zero-order valence-electron chi connectivity index (χ0n) is 6.29. The smallest absolute Gasteiger partial charge is 0.290 e. The maximum Gasteiger partial charge on any atom is 0.290 e. The van der Waals surface area contributed by atoms with E-state index in [1.807, 2.05) is 0 Å². The van der Waals surface area contributed by atoms with Crippen LogP contribution in [0, 0.1) is 5.92 Å². The maximum absolute atomic E-state index is 8.36. The molecule has 0 fully saturated rings. The average Bonchev–Trinajstić information content (AvgIpc) is 1.91. The van der Waals surface area contributed by atoms with Crippen molar-refractivity contribution in [3.05, 3.63) is 12.2 Å². The Bertz CT molecular complexity index is 108. The van der Waals surface area contributed by atoms with E-state index in [1.54, 1.807) is 0 Å². The number of hydrogen-bond acceptors (Lipinski definition) is 1.